The molecule has 0 amide bonds. The summed E-state index contributed by atoms with van der Waals surface area (Å²) in [6.45, 7) is 3.73. The second-order valence-corrected chi connectivity index (χ2v) is 5.43. The van der Waals surface area contributed by atoms with E-state index in [1.807, 2.05) is 6.07 Å². The number of benzene rings is 1. The summed E-state index contributed by atoms with van der Waals surface area (Å²) in [7, 11) is 1.69. The number of rotatable bonds is 10. The van der Waals surface area contributed by atoms with Gasteiger partial charge in [-0.05, 0) is 36.5 Å². The normalized spacial score (nSPS) is 16.3. The average Bonchev–Trinajstić information content (AvgIpc) is 3.25. The minimum atomic E-state index is -0.188. The Balaban J connectivity index is 1.83. The van der Waals surface area contributed by atoms with Crippen LogP contribution in [0.15, 0.2) is 24.3 Å². The Morgan fingerprint density at radius 3 is 2.95 bits per heavy atom. The first-order valence-corrected chi connectivity index (χ1v) is 7.32. The van der Waals surface area contributed by atoms with E-state index >= 15 is 0 Å². The second-order valence-electron chi connectivity index (χ2n) is 5.43. The molecule has 0 radical (unpaired) electrons. The zero-order valence-corrected chi connectivity index (χ0v) is 12.1. The van der Waals surface area contributed by atoms with Crippen LogP contribution in [-0.2, 0) is 9.47 Å². The molecule has 0 saturated heterocycles. The van der Waals surface area contributed by atoms with Crippen LogP contribution in [0.3, 0.4) is 0 Å². The molecule has 1 saturated carbocycles. The van der Waals surface area contributed by atoms with Gasteiger partial charge < -0.3 is 14.8 Å². The summed E-state index contributed by atoms with van der Waals surface area (Å²) in [6.07, 6.45) is 2.58. The van der Waals surface area contributed by atoms with E-state index in [2.05, 4.69) is 5.32 Å². The highest BCUT2D eigenvalue weighted by atomic mass is 19.1. The monoisotopic (exact) mass is 281 g/mol. The SMILES string of the molecule is COCCNCC(COCC1CC1)c1cccc(F)c1. The van der Waals surface area contributed by atoms with Crippen molar-refractivity contribution in [3.63, 3.8) is 0 Å². The fourth-order valence-corrected chi connectivity index (χ4v) is 2.15. The van der Waals surface area contributed by atoms with Gasteiger partial charge in [-0.1, -0.05) is 12.1 Å². The standard InChI is InChI=1S/C16H24FNO2/c1-19-8-7-18-10-15(12-20-11-13-5-6-13)14-3-2-4-16(17)9-14/h2-4,9,13,15,18H,5-8,10-12H2,1H3. The molecule has 2 rings (SSSR count). The van der Waals surface area contributed by atoms with Gasteiger partial charge in [-0.2, -0.15) is 0 Å². The molecule has 0 spiro atoms. The molecule has 0 heterocycles. The van der Waals surface area contributed by atoms with Gasteiger partial charge in [0.15, 0.2) is 0 Å². The average molecular weight is 281 g/mol. The van der Waals surface area contributed by atoms with Crippen molar-refractivity contribution in [1.82, 2.24) is 5.32 Å². The zero-order chi connectivity index (χ0) is 14.2. The van der Waals surface area contributed by atoms with E-state index in [1.165, 1.54) is 18.9 Å². The Hall–Kier alpha value is -0.970. The smallest absolute Gasteiger partial charge is 0.123 e. The van der Waals surface area contributed by atoms with E-state index in [0.717, 1.165) is 31.2 Å². The summed E-state index contributed by atoms with van der Waals surface area (Å²) in [4.78, 5) is 0. The highest BCUT2D eigenvalue weighted by Gasteiger charge is 2.22. The lowest BCUT2D eigenvalue weighted by Gasteiger charge is -2.18. The number of methoxy groups -OCH3 is 1. The van der Waals surface area contributed by atoms with Crippen molar-refractivity contribution >= 4 is 0 Å². The summed E-state index contributed by atoms with van der Waals surface area (Å²) in [5.74, 6) is 0.748. The summed E-state index contributed by atoms with van der Waals surface area (Å²) < 4.78 is 24.1. The van der Waals surface area contributed by atoms with Gasteiger partial charge in [-0.15, -0.1) is 0 Å². The van der Waals surface area contributed by atoms with Gasteiger partial charge in [0.2, 0.25) is 0 Å². The van der Waals surface area contributed by atoms with Gasteiger partial charge in [0.05, 0.1) is 13.2 Å². The van der Waals surface area contributed by atoms with E-state index in [-0.39, 0.29) is 11.7 Å². The minimum Gasteiger partial charge on any atom is -0.383 e. The number of hydrogen-bond donors (Lipinski definition) is 1. The van der Waals surface area contributed by atoms with Crippen molar-refractivity contribution in [2.75, 3.05) is 40.0 Å². The lowest BCUT2D eigenvalue weighted by Crippen LogP contribution is -2.27. The molecule has 1 atom stereocenters. The molecule has 1 aromatic rings. The van der Waals surface area contributed by atoms with E-state index in [0.29, 0.717) is 13.2 Å². The number of ether oxygens (including phenoxy) is 2. The third-order valence-corrected chi connectivity index (χ3v) is 3.56. The third kappa shape index (κ3) is 5.57. The van der Waals surface area contributed by atoms with Gasteiger partial charge in [0.1, 0.15) is 5.82 Å². The Morgan fingerprint density at radius 2 is 2.25 bits per heavy atom. The lowest BCUT2D eigenvalue weighted by atomic mass is 10.00. The highest BCUT2D eigenvalue weighted by molar-refractivity contribution is 5.21. The summed E-state index contributed by atoms with van der Waals surface area (Å²) in [5, 5.41) is 3.33. The number of halogens is 1. The Bertz CT molecular complexity index is 396. The van der Waals surface area contributed by atoms with Gasteiger partial charge in [0.25, 0.3) is 0 Å². The molecule has 112 valence electrons. The number of nitrogens with one attached hydrogen (secondary N) is 1. The maximum atomic E-state index is 13.3. The van der Waals surface area contributed by atoms with Crippen molar-refractivity contribution in [3.05, 3.63) is 35.6 Å². The van der Waals surface area contributed by atoms with E-state index in [4.69, 9.17) is 9.47 Å². The summed E-state index contributed by atoms with van der Waals surface area (Å²) >= 11 is 0. The Morgan fingerprint density at radius 1 is 1.40 bits per heavy atom. The van der Waals surface area contributed by atoms with Crippen LogP contribution >= 0.6 is 0 Å². The van der Waals surface area contributed by atoms with E-state index < -0.39 is 0 Å². The predicted octanol–water partition coefficient (Wildman–Crippen LogP) is 2.57. The molecule has 1 aliphatic rings. The van der Waals surface area contributed by atoms with Crippen LogP contribution in [0.1, 0.15) is 24.3 Å². The third-order valence-electron chi connectivity index (χ3n) is 3.56. The van der Waals surface area contributed by atoms with Crippen molar-refractivity contribution in [2.45, 2.75) is 18.8 Å². The topological polar surface area (TPSA) is 30.5 Å². The van der Waals surface area contributed by atoms with E-state index in [1.54, 1.807) is 19.2 Å². The predicted molar refractivity (Wildman–Crippen MR) is 77.4 cm³/mol. The molecule has 0 aliphatic heterocycles. The van der Waals surface area contributed by atoms with Crippen LogP contribution in [-0.4, -0.2) is 40.0 Å². The van der Waals surface area contributed by atoms with Gasteiger partial charge >= 0.3 is 0 Å². The summed E-state index contributed by atoms with van der Waals surface area (Å²) in [5.41, 5.74) is 0.991. The van der Waals surface area contributed by atoms with E-state index in [9.17, 15) is 4.39 Å². The van der Waals surface area contributed by atoms with Gasteiger partial charge in [0, 0.05) is 32.7 Å². The van der Waals surface area contributed by atoms with Crippen molar-refractivity contribution in [3.8, 4) is 0 Å². The molecule has 1 N–H and O–H groups in total. The molecule has 0 bridgehead atoms. The maximum absolute atomic E-state index is 13.3. The van der Waals surface area contributed by atoms with Crippen LogP contribution in [0.4, 0.5) is 4.39 Å². The molecule has 1 aliphatic carbocycles. The van der Waals surface area contributed by atoms with Crippen LogP contribution in [0.5, 0.6) is 0 Å². The molecular formula is C16H24FNO2. The molecule has 1 fully saturated rings. The van der Waals surface area contributed by atoms with Crippen LogP contribution < -0.4 is 5.32 Å². The number of hydrogen-bond acceptors (Lipinski definition) is 3. The minimum absolute atomic E-state index is 0.182. The fourth-order valence-electron chi connectivity index (χ4n) is 2.15. The quantitative estimate of drug-likeness (QED) is 0.669. The Kier molecular flexibility index (Phi) is 6.43. The van der Waals surface area contributed by atoms with Crippen molar-refractivity contribution in [2.24, 2.45) is 5.92 Å². The van der Waals surface area contributed by atoms with Crippen LogP contribution in [0.2, 0.25) is 0 Å². The largest absolute Gasteiger partial charge is 0.383 e. The fraction of sp³-hybridized carbons (Fsp3) is 0.625. The first-order chi connectivity index (χ1) is 9.79. The van der Waals surface area contributed by atoms with Crippen LogP contribution in [0, 0.1) is 11.7 Å². The molecule has 20 heavy (non-hydrogen) atoms. The highest BCUT2D eigenvalue weighted by Crippen LogP contribution is 2.29. The first-order valence-electron chi connectivity index (χ1n) is 7.32. The molecule has 4 heteroatoms. The molecule has 1 aromatic carbocycles. The second kappa shape index (κ2) is 8.35. The zero-order valence-electron chi connectivity index (χ0n) is 12.1. The summed E-state index contributed by atoms with van der Waals surface area (Å²) in [6, 6.07) is 6.80. The first kappa shape index (κ1) is 15.4. The molecule has 3 nitrogen and oxygen atoms in total. The van der Waals surface area contributed by atoms with Crippen molar-refractivity contribution < 1.29 is 13.9 Å². The maximum Gasteiger partial charge on any atom is 0.123 e. The van der Waals surface area contributed by atoms with Crippen molar-refractivity contribution in [1.29, 1.82) is 0 Å². The molecule has 1 unspecified atom stereocenters. The molecule has 0 aromatic heterocycles. The van der Waals surface area contributed by atoms with Gasteiger partial charge in [-0.25, -0.2) is 4.39 Å². The molecular weight excluding hydrogens is 257 g/mol. The Labute approximate surface area is 120 Å². The van der Waals surface area contributed by atoms with Gasteiger partial charge in [-0.3, -0.25) is 0 Å². The lowest BCUT2D eigenvalue weighted by molar-refractivity contribution is 0.109. The van der Waals surface area contributed by atoms with Crippen LogP contribution in [0.25, 0.3) is 0 Å².